The maximum Gasteiger partial charge on any atom is 0.223 e. The molecule has 0 aromatic carbocycles. The average Bonchev–Trinajstić information content (AvgIpc) is 2.28. The lowest BCUT2D eigenvalue weighted by atomic mass is 9.68. The average molecular weight is 240 g/mol. The highest BCUT2D eigenvalue weighted by Gasteiger charge is 2.36. The summed E-state index contributed by atoms with van der Waals surface area (Å²) in [6.07, 6.45) is 5.86. The molecule has 0 bridgehead atoms. The Labute approximate surface area is 106 Å². The zero-order valence-electron chi connectivity index (χ0n) is 11.6. The first-order valence-electron chi connectivity index (χ1n) is 7.06. The third kappa shape index (κ3) is 4.66. The van der Waals surface area contributed by atoms with Gasteiger partial charge in [-0.15, -0.1) is 0 Å². The minimum atomic E-state index is 0.180. The van der Waals surface area contributed by atoms with Crippen molar-refractivity contribution in [1.29, 1.82) is 0 Å². The molecule has 2 N–H and O–H groups in total. The molecule has 1 saturated carbocycles. The van der Waals surface area contributed by atoms with Gasteiger partial charge >= 0.3 is 0 Å². The SMILES string of the molecule is CCCNCCNC(=O)C1CCCCC1(C)C. The zero-order valence-corrected chi connectivity index (χ0v) is 11.6. The summed E-state index contributed by atoms with van der Waals surface area (Å²) in [6.45, 7) is 9.27. The quantitative estimate of drug-likeness (QED) is 0.700. The van der Waals surface area contributed by atoms with Gasteiger partial charge in [-0.1, -0.05) is 33.6 Å². The molecule has 0 aromatic rings. The van der Waals surface area contributed by atoms with E-state index in [0.717, 1.165) is 32.5 Å². The fourth-order valence-electron chi connectivity index (χ4n) is 2.68. The molecule has 0 aliphatic heterocycles. The summed E-state index contributed by atoms with van der Waals surface area (Å²) in [4.78, 5) is 12.1. The van der Waals surface area contributed by atoms with Crippen molar-refractivity contribution in [2.24, 2.45) is 11.3 Å². The van der Waals surface area contributed by atoms with Gasteiger partial charge in [-0.2, -0.15) is 0 Å². The lowest BCUT2D eigenvalue weighted by Crippen LogP contribution is -2.43. The maximum absolute atomic E-state index is 12.1. The summed E-state index contributed by atoms with van der Waals surface area (Å²) < 4.78 is 0. The van der Waals surface area contributed by atoms with Crippen molar-refractivity contribution in [2.45, 2.75) is 52.9 Å². The summed E-state index contributed by atoms with van der Waals surface area (Å²) in [5.74, 6) is 0.468. The number of carbonyl (C=O) groups excluding carboxylic acids is 1. The Hall–Kier alpha value is -0.570. The van der Waals surface area contributed by atoms with Gasteiger partial charge in [-0.05, 0) is 31.2 Å². The second kappa shape index (κ2) is 7.00. The van der Waals surface area contributed by atoms with Gasteiger partial charge in [-0.3, -0.25) is 4.79 Å². The number of amides is 1. The van der Waals surface area contributed by atoms with Crippen LogP contribution >= 0.6 is 0 Å². The van der Waals surface area contributed by atoms with E-state index in [2.05, 4.69) is 31.4 Å². The van der Waals surface area contributed by atoms with Crippen molar-refractivity contribution in [3.05, 3.63) is 0 Å². The molecule has 100 valence electrons. The van der Waals surface area contributed by atoms with Gasteiger partial charge in [0.25, 0.3) is 0 Å². The molecular formula is C14H28N2O. The molecule has 17 heavy (non-hydrogen) atoms. The van der Waals surface area contributed by atoms with Crippen LogP contribution in [-0.4, -0.2) is 25.5 Å². The number of nitrogens with one attached hydrogen (secondary N) is 2. The van der Waals surface area contributed by atoms with Gasteiger partial charge in [0.15, 0.2) is 0 Å². The van der Waals surface area contributed by atoms with E-state index < -0.39 is 0 Å². The standard InChI is InChI=1S/C14H28N2O/c1-4-9-15-10-11-16-13(17)12-7-5-6-8-14(12,2)3/h12,15H,4-11H2,1-3H3,(H,16,17). The topological polar surface area (TPSA) is 41.1 Å². The zero-order chi connectivity index (χ0) is 12.7. The van der Waals surface area contributed by atoms with E-state index in [1.807, 2.05) is 0 Å². The van der Waals surface area contributed by atoms with Crippen LogP contribution in [0.4, 0.5) is 0 Å². The maximum atomic E-state index is 12.1. The van der Waals surface area contributed by atoms with Crippen molar-refractivity contribution in [1.82, 2.24) is 10.6 Å². The molecule has 1 atom stereocenters. The Morgan fingerprint density at radius 1 is 1.24 bits per heavy atom. The predicted octanol–water partition coefficient (Wildman–Crippen LogP) is 2.32. The third-order valence-electron chi connectivity index (χ3n) is 3.85. The third-order valence-corrected chi connectivity index (χ3v) is 3.85. The Morgan fingerprint density at radius 3 is 2.65 bits per heavy atom. The van der Waals surface area contributed by atoms with E-state index >= 15 is 0 Å². The first kappa shape index (κ1) is 14.5. The van der Waals surface area contributed by atoms with Crippen LogP contribution in [0.25, 0.3) is 0 Å². The lowest BCUT2D eigenvalue weighted by Gasteiger charge is -2.37. The largest absolute Gasteiger partial charge is 0.355 e. The lowest BCUT2D eigenvalue weighted by molar-refractivity contribution is -0.130. The van der Waals surface area contributed by atoms with E-state index in [0.29, 0.717) is 0 Å². The highest BCUT2D eigenvalue weighted by atomic mass is 16.1. The van der Waals surface area contributed by atoms with E-state index in [1.165, 1.54) is 19.3 Å². The molecule has 0 saturated heterocycles. The summed E-state index contributed by atoms with van der Waals surface area (Å²) in [7, 11) is 0. The molecule has 1 rings (SSSR count). The van der Waals surface area contributed by atoms with Crippen LogP contribution in [0.5, 0.6) is 0 Å². The van der Waals surface area contributed by atoms with Crippen LogP contribution in [0.1, 0.15) is 52.9 Å². The normalized spacial score (nSPS) is 23.4. The summed E-state index contributed by atoms with van der Waals surface area (Å²) >= 11 is 0. The minimum Gasteiger partial charge on any atom is -0.355 e. The van der Waals surface area contributed by atoms with Crippen LogP contribution in [0, 0.1) is 11.3 Å². The molecule has 1 fully saturated rings. The molecular weight excluding hydrogens is 212 g/mol. The van der Waals surface area contributed by atoms with Gasteiger partial charge in [0.05, 0.1) is 0 Å². The molecule has 0 aromatic heterocycles. The Balaban J connectivity index is 2.26. The first-order valence-corrected chi connectivity index (χ1v) is 7.06. The molecule has 1 aliphatic carbocycles. The monoisotopic (exact) mass is 240 g/mol. The van der Waals surface area contributed by atoms with Gasteiger partial charge in [0.2, 0.25) is 5.91 Å². The van der Waals surface area contributed by atoms with Crippen molar-refractivity contribution in [2.75, 3.05) is 19.6 Å². The molecule has 1 unspecified atom stereocenters. The van der Waals surface area contributed by atoms with Crippen molar-refractivity contribution < 1.29 is 4.79 Å². The highest BCUT2D eigenvalue weighted by Crippen LogP contribution is 2.40. The van der Waals surface area contributed by atoms with Crippen molar-refractivity contribution in [3.63, 3.8) is 0 Å². The molecule has 3 heteroatoms. The van der Waals surface area contributed by atoms with E-state index in [9.17, 15) is 4.79 Å². The number of hydrogen-bond acceptors (Lipinski definition) is 2. The Bertz CT molecular complexity index is 238. The van der Waals surface area contributed by atoms with Gasteiger partial charge in [-0.25, -0.2) is 0 Å². The van der Waals surface area contributed by atoms with Gasteiger partial charge < -0.3 is 10.6 Å². The first-order chi connectivity index (χ1) is 8.08. The van der Waals surface area contributed by atoms with Crippen LogP contribution in [-0.2, 0) is 4.79 Å². The fraction of sp³-hybridized carbons (Fsp3) is 0.929. The molecule has 1 amide bonds. The number of carbonyl (C=O) groups is 1. The Kier molecular flexibility index (Phi) is 5.96. The highest BCUT2D eigenvalue weighted by molar-refractivity contribution is 5.79. The molecule has 0 radical (unpaired) electrons. The molecule has 0 spiro atoms. The fourth-order valence-corrected chi connectivity index (χ4v) is 2.68. The molecule has 1 aliphatic rings. The van der Waals surface area contributed by atoms with Crippen molar-refractivity contribution >= 4 is 5.91 Å². The van der Waals surface area contributed by atoms with Gasteiger partial charge in [0, 0.05) is 19.0 Å². The Morgan fingerprint density at radius 2 is 2.00 bits per heavy atom. The minimum absolute atomic E-state index is 0.180. The van der Waals surface area contributed by atoms with Gasteiger partial charge in [0.1, 0.15) is 0 Å². The van der Waals surface area contributed by atoms with Crippen LogP contribution < -0.4 is 10.6 Å². The van der Waals surface area contributed by atoms with Crippen LogP contribution in [0.15, 0.2) is 0 Å². The summed E-state index contributed by atoms with van der Waals surface area (Å²) in [5, 5.41) is 6.36. The molecule has 3 nitrogen and oxygen atoms in total. The van der Waals surface area contributed by atoms with Crippen LogP contribution in [0.3, 0.4) is 0 Å². The number of rotatable bonds is 6. The van der Waals surface area contributed by atoms with Crippen LogP contribution in [0.2, 0.25) is 0 Å². The van der Waals surface area contributed by atoms with E-state index in [1.54, 1.807) is 0 Å². The molecule has 0 heterocycles. The predicted molar refractivity (Wildman–Crippen MR) is 71.9 cm³/mol. The second-order valence-electron chi connectivity index (χ2n) is 5.83. The van der Waals surface area contributed by atoms with Crippen molar-refractivity contribution in [3.8, 4) is 0 Å². The number of hydrogen-bond donors (Lipinski definition) is 2. The smallest absolute Gasteiger partial charge is 0.223 e. The summed E-state index contributed by atoms with van der Waals surface area (Å²) in [6, 6.07) is 0. The van der Waals surface area contributed by atoms with E-state index in [4.69, 9.17) is 0 Å². The summed E-state index contributed by atoms with van der Waals surface area (Å²) in [5.41, 5.74) is 0.180. The second-order valence-corrected chi connectivity index (χ2v) is 5.83. The van der Waals surface area contributed by atoms with E-state index in [-0.39, 0.29) is 17.2 Å².